The molecule has 104 valence electrons. The molecular formula is C16H11FN2O2. The van der Waals surface area contributed by atoms with E-state index in [-0.39, 0.29) is 11.5 Å². The monoisotopic (exact) mass is 282 g/mol. The zero-order chi connectivity index (χ0) is 14.8. The van der Waals surface area contributed by atoms with Crippen LogP contribution in [0, 0.1) is 5.82 Å². The Hall–Kier alpha value is -2.95. The lowest BCUT2D eigenvalue weighted by atomic mass is 10.1. The van der Waals surface area contributed by atoms with Crippen LogP contribution < -0.4 is 0 Å². The fourth-order valence-electron chi connectivity index (χ4n) is 2.11. The normalized spacial score (nSPS) is 10.5. The van der Waals surface area contributed by atoms with Gasteiger partial charge in [-0.3, -0.25) is 0 Å². The van der Waals surface area contributed by atoms with Gasteiger partial charge in [0.05, 0.1) is 11.4 Å². The molecule has 0 atom stereocenters. The van der Waals surface area contributed by atoms with Gasteiger partial charge in [0.15, 0.2) is 5.69 Å². The van der Waals surface area contributed by atoms with Crippen molar-refractivity contribution in [3.8, 4) is 16.9 Å². The first kappa shape index (κ1) is 13.1. The predicted molar refractivity (Wildman–Crippen MR) is 75.9 cm³/mol. The average molecular weight is 282 g/mol. The van der Waals surface area contributed by atoms with Crippen LogP contribution in [0.4, 0.5) is 4.39 Å². The molecular weight excluding hydrogens is 271 g/mol. The Balaban J connectivity index is 2.21. The third kappa shape index (κ3) is 2.53. The van der Waals surface area contributed by atoms with Crippen molar-refractivity contribution in [1.82, 2.24) is 9.78 Å². The van der Waals surface area contributed by atoms with Crippen molar-refractivity contribution in [2.45, 2.75) is 0 Å². The molecule has 0 saturated carbocycles. The number of rotatable bonds is 3. The maximum atomic E-state index is 13.4. The molecule has 1 heterocycles. The van der Waals surface area contributed by atoms with Gasteiger partial charge in [-0.15, -0.1) is 0 Å². The molecule has 0 amide bonds. The van der Waals surface area contributed by atoms with Gasteiger partial charge in [-0.25, -0.2) is 13.9 Å². The zero-order valence-electron chi connectivity index (χ0n) is 10.9. The van der Waals surface area contributed by atoms with Crippen molar-refractivity contribution >= 4 is 5.97 Å². The van der Waals surface area contributed by atoms with Crippen LogP contribution in [0.15, 0.2) is 60.7 Å². The van der Waals surface area contributed by atoms with Gasteiger partial charge in [0.2, 0.25) is 0 Å². The lowest BCUT2D eigenvalue weighted by molar-refractivity contribution is 0.0690. The highest BCUT2D eigenvalue weighted by Gasteiger charge is 2.16. The van der Waals surface area contributed by atoms with E-state index >= 15 is 0 Å². The largest absolute Gasteiger partial charge is 0.476 e. The van der Waals surface area contributed by atoms with Gasteiger partial charge < -0.3 is 5.11 Å². The highest BCUT2D eigenvalue weighted by molar-refractivity contribution is 5.87. The van der Waals surface area contributed by atoms with Crippen LogP contribution in [0.2, 0.25) is 0 Å². The third-order valence-electron chi connectivity index (χ3n) is 3.05. The van der Waals surface area contributed by atoms with Crippen molar-refractivity contribution in [1.29, 1.82) is 0 Å². The number of aromatic nitrogens is 2. The molecule has 0 saturated heterocycles. The van der Waals surface area contributed by atoms with Gasteiger partial charge in [-0.1, -0.05) is 30.3 Å². The highest BCUT2D eigenvalue weighted by atomic mass is 19.1. The average Bonchev–Trinajstić information content (AvgIpc) is 2.93. The Morgan fingerprint density at radius 3 is 2.48 bits per heavy atom. The molecule has 3 rings (SSSR count). The maximum Gasteiger partial charge on any atom is 0.356 e. The highest BCUT2D eigenvalue weighted by Crippen LogP contribution is 2.24. The summed E-state index contributed by atoms with van der Waals surface area (Å²) in [6.45, 7) is 0. The van der Waals surface area contributed by atoms with Crippen molar-refractivity contribution in [3.63, 3.8) is 0 Å². The van der Waals surface area contributed by atoms with E-state index in [1.54, 1.807) is 24.3 Å². The lowest BCUT2D eigenvalue weighted by Crippen LogP contribution is -2.02. The summed E-state index contributed by atoms with van der Waals surface area (Å²) in [7, 11) is 0. The minimum Gasteiger partial charge on any atom is -0.476 e. The maximum absolute atomic E-state index is 13.4. The summed E-state index contributed by atoms with van der Waals surface area (Å²) in [5.74, 6) is -1.51. The van der Waals surface area contributed by atoms with Crippen LogP contribution in [-0.2, 0) is 0 Å². The Kier molecular flexibility index (Phi) is 3.23. The molecule has 1 N–H and O–H groups in total. The van der Waals surface area contributed by atoms with Crippen LogP contribution in [-0.4, -0.2) is 20.9 Å². The predicted octanol–water partition coefficient (Wildman–Crippen LogP) is 3.38. The summed E-state index contributed by atoms with van der Waals surface area (Å²) in [5.41, 5.74) is 1.72. The zero-order valence-corrected chi connectivity index (χ0v) is 10.9. The van der Waals surface area contributed by atoms with E-state index in [1.165, 1.54) is 22.9 Å². The number of carboxylic acids is 1. The summed E-state index contributed by atoms with van der Waals surface area (Å²) in [4.78, 5) is 11.1. The van der Waals surface area contributed by atoms with Crippen molar-refractivity contribution in [3.05, 3.63) is 72.2 Å². The van der Waals surface area contributed by atoms with Gasteiger partial charge in [-0.2, -0.15) is 5.10 Å². The number of para-hydroxylation sites is 1. The minimum absolute atomic E-state index is 0.0851. The van der Waals surface area contributed by atoms with Gasteiger partial charge in [0.1, 0.15) is 5.82 Å². The van der Waals surface area contributed by atoms with Crippen molar-refractivity contribution in [2.24, 2.45) is 0 Å². The third-order valence-corrected chi connectivity index (χ3v) is 3.05. The SMILES string of the molecule is O=C(O)c1cc(-c2cccc(F)c2)n(-c2ccccc2)n1. The van der Waals surface area contributed by atoms with Crippen molar-refractivity contribution in [2.75, 3.05) is 0 Å². The van der Waals surface area contributed by atoms with Gasteiger partial charge in [0, 0.05) is 5.56 Å². The second-order valence-electron chi connectivity index (χ2n) is 4.48. The molecule has 3 aromatic rings. The van der Waals surface area contributed by atoms with Crippen LogP contribution >= 0.6 is 0 Å². The summed E-state index contributed by atoms with van der Waals surface area (Å²) in [6, 6.07) is 16.5. The van der Waals surface area contributed by atoms with Gasteiger partial charge >= 0.3 is 5.97 Å². The Bertz CT molecular complexity index is 797. The first-order chi connectivity index (χ1) is 10.1. The second-order valence-corrected chi connectivity index (χ2v) is 4.48. The van der Waals surface area contributed by atoms with E-state index in [4.69, 9.17) is 5.11 Å². The Morgan fingerprint density at radius 1 is 1.05 bits per heavy atom. The summed E-state index contributed by atoms with van der Waals surface area (Å²) < 4.78 is 14.9. The molecule has 21 heavy (non-hydrogen) atoms. The van der Waals surface area contributed by atoms with Crippen molar-refractivity contribution < 1.29 is 14.3 Å². The van der Waals surface area contributed by atoms with Crippen LogP contribution in [0.25, 0.3) is 16.9 Å². The molecule has 0 aliphatic heterocycles. The molecule has 0 aliphatic carbocycles. The quantitative estimate of drug-likeness (QED) is 0.801. The Labute approximate surface area is 120 Å². The van der Waals surface area contributed by atoms with E-state index in [1.807, 2.05) is 18.2 Å². The smallest absolute Gasteiger partial charge is 0.356 e. The molecule has 5 heteroatoms. The van der Waals surface area contributed by atoms with E-state index in [2.05, 4.69) is 5.10 Å². The summed E-state index contributed by atoms with van der Waals surface area (Å²) in [6.07, 6.45) is 0. The number of hydrogen-bond donors (Lipinski definition) is 1. The van der Waals surface area contributed by atoms with Crippen LogP contribution in [0.5, 0.6) is 0 Å². The lowest BCUT2D eigenvalue weighted by Gasteiger charge is -2.07. The number of aromatic carboxylic acids is 1. The minimum atomic E-state index is -1.12. The second kappa shape index (κ2) is 5.20. The first-order valence-electron chi connectivity index (χ1n) is 6.30. The molecule has 0 fully saturated rings. The van der Waals surface area contributed by atoms with E-state index in [0.29, 0.717) is 16.9 Å². The molecule has 0 bridgehead atoms. The molecule has 2 aromatic carbocycles. The summed E-state index contributed by atoms with van der Waals surface area (Å²) >= 11 is 0. The van der Waals surface area contributed by atoms with E-state index in [0.717, 1.165) is 0 Å². The molecule has 0 radical (unpaired) electrons. The van der Waals surface area contributed by atoms with Crippen LogP contribution in [0.3, 0.4) is 0 Å². The topological polar surface area (TPSA) is 55.1 Å². The standard InChI is InChI=1S/C16H11FN2O2/c17-12-6-4-5-11(9-12)15-10-14(16(20)21)18-19(15)13-7-2-1-3-8-13/h1-10H,(H,20,21). The molecule has 0 unspecified atom stereocenters. The fourth-order valence-corrected chi connectivity index (χ4v) is 2.11. The molecule has 0 aliphatic rings. The Morgan fingerprint density at radius 2 is 1.81 bits per heavy atom. The fraction of sp³-hybridized carbons (Fsp3) is 0. The van der Waals surface area contributed by atoms with Gasteiger partial charge in [0.25, 0.3) is 0 Å². The summed E-state index contributed by atoms with van der Waals surface area (Å²) in [5, 5.41) is 13.2. The molecule has 0 spiro atoms. The van der Waals surface area contributed by atoms with Crippen LogP contribution in [0.1, 0.15) is 10.5 Å². The molecule has 1 aromatic heterocycles. The number of carbonyl (C=O) groups is 1. The number of nitrogens with zero attached hydrogens (tertiary/aromatic N) is 2. The molecule has 4 nitrogen and oxygen atoms in total. The number of benzene rings is 2. The van der Waals surface area contributed by atoms with E-state index in [9.17, 15) is 9.18 Å². The number of hydrogen-bond acceptors (Lipinski definition) is 2. The van der Waals surface area contributed by atoms with E-state index < -0.39 is 5.97 Å². The van der Waals surface area contributed by atoms with Gasteiger partial charge in [-0.05, 0) is 30.3 Å². The first-order valence-corrected chi connectivity index (χ1v) is 6.30. The number of halogens is 1. The number of carboxylic acid groups (broad SMARTS) is 1.